The van der Waals surface area contributed by atoms with Crippen molar-refractivity contribution in [3.05, 3.63) is 135 Å². The molecule has 0 radical (unpaired) electrons. The van der Waals surface area contributed by atoms with E-state index in [4.69, 9.17) is 21.1 Å². The van der Waals surface area contributed by atoms with Crippen LogP contribution in [0.1, 0.15) is 63.4 Å². The van der Waals surface area contributed by atoms with Crippen LogP contribution in [0.15, 0.2) is 85.2 Å². The van der Waals surface area contributed by atoms with E-state index in [1.165, 1.54) is 39.6 Å². The molecule has 3 N–H and O–H groups in total. The smallest absolute Gasteiger partial charge is 0.142 e. The van der Waals surface area contributed by atoms with Crippen molar-refractivity contribution in [2.75, 3.05) is 26.2 Å². The number of nitrogens with zero attached hydrogens (tertiary/aromatic N) is 3. The Morgan fingerprint density at radius 2 is 1.70 bits per heavy atom. The van der Waals surface area contributed by atoms with Crippen molar-refractivity contribution in [1.82, 2.24) is 15.2 Å². The summed E-state index contributed by atoms with van der Waals surface area (Å²) in [6.07, 6.45) is 6.03. The van der Waals surface area contributed by atoms with Crippen LogP contribution in [-0.2, 0) is 26.2 Å². The Bertz CT molecular complexity index is 2150. The summed E-state index contributed by atoms with van der Waals surface area (Å²) in [4.78, 5) is 6.59. The third-order valence-corrected chi connectivity index (χ3v) is 10.9. The molecule has 5 aromatic rings. The summed E-state index contributed by atoms with van der Waals surface area (Å²) in [5.74, 6) is 1.09. The number of halogens is 1. The topological polar surface area (TPSA) is 111 Å². The number of nitriles is 1. The first-order chi connectivity index (χ1) is 25.8. The van der Waals surface area contributed by atoms with Gasteiger partial charge in [0.1, 0.15) is 30.8 Å². The Morgan fingerprint density at radius 1 is 0.906 bits per heavy atom. The number of likely N-dealkylation sites (tertiary alicyclic amines) is 1. The molecule has 2 atom stereocenters. The summed E-state index contributed by atoms with van der Waals surface area (Å²) in [5.41, 5.74) is 13.1. The van der Waals surface area contributed by atoms with Gasteiger partial charge in [0, 0.05) is 61.8 Å². The average Bonchev–Trinajstić information content (AvgIpc) is 3.80. The van der Waals surface area contributed by atoms with Crippen LogP contribution in [-0.4, -0.2) is 52.4 Å². The fraction of sp³-hybridized carbons (Fsp3) is 0.318. The van der Waals surface area contributed by atoms with E-state index < -0.39 is 0 Å². The lowest BCUT2D eigenvalue weighted by Crippen LogP contribution is -2.26. The summed E-state index contributed by atoms with van der Waals surface area (Å²) in [5, 5.41) is 32.3. The number of β-amino-alcohol motifs (C(OH)–C–C–N with tert-alkyl or cyclic N) is 1. The van der Waals surface area contributed by atoms with Gasteiger partial charge < -0.3 is 25.0 Å². The van der Waals surface area contributed by atoms with Crippen LogP contribution in [0.2, 0.25) is 5.02 Å². The number of rotatable bonds is 13. The fourth-order valence-electron chi connectivity index (χ4n) is 7.77. The highest BCUT2D eigenvalue weighted by Gasteiger charge is 2.32. The van der Waals surface area contributed by atoms with Crippen molar-refractivity contribution in [3.8, 4) is 39.8 Å². The van der Waals surface area contributed by atoms with Gasteiger partial charge in [-0.25, -0.2) is 0 Å². The number of pyridine rings is 1. The average molecular weight is 729 g/mol. The molecule has 0 spiro atoms. The second-order valence-corrected chi connectivity index (χ2v) is 14.4. The molecule has 53 heavy (non-hydrogen) atoms. The number of hydrogen-bond acceptors (Lipinski definition) is 8. The van der Waals surface area contributed by atoms with Crippen LogP contribution in [0, 0.1) is 25.2 Å². The lowest BCUT2D eigenvalue weighted by molar-refractivity contribution is 0.159. The Balaban J connectivity index is 1.10. The Hall–Kier alpha value is -4.75. The largest absolute Gasteiger partial charge is 0.488 e. The van der Waals surface area contributed by atoms with Crippen LogP contribution < -0.4 is 14.8 Å². The predicted octanol–water partition coefficient (Wildman–Crippen LogP) is 7.85. The molecule has 272 valence electrons. The van der Waals surface area contributed by atoms with E-state index in [2.05, 4.69) is 89.7 Å². The highest BCUT2D eigenvalue weighted by molar-refractivity contribution is 6.32. The summed E-state index contributed by atoms with van der Waals surface area (Å²) in [6, 6.07) is 27.7. The molecule has 0 saturated carbocycles. The Labute approximate surface area is 316 Å². The highest BCUT2D eigenvalue weighted by Crippen LogP contribution is 2.41. The van der Waals surface area contributed by atoms with Gasteiger partial charge in [0.05, 0.1) is 23.3 Å². The van der Waals surface area contributed by atoms with Gasteiger partial charge in [-0.2, -0.15) is 5.26 Å². The van der Waals surface area contributed by atoms with Gasteiger partial charge in [0.2, 0.25) is 0 Å². The maximum absolute atomic E-state index is 10.1. The van der Waals surface area contributed by atoms with Crippen molar-refractivity contribution >= 4 is 11.6 Å². The summed E-state index contributed by atoms with van der Waals surface area (Å²) in [7, 11) is 0. The van der Waals surface area contributed by atoms with Crippen LogP contribution in [0.3, 0.4) is 0 Å². The zero-order valence-electron chi connectivity index (χ0n) is 30.2. The standard InChI is InChI=1S/C44H45ClN4O4/c1-28-34(27-53-44-20-43(35(19-41(44)45)24-47-14-16-50)52-26-31-17-30(21-46)22-48-23-31)5-3-7-38(28)39-8-4-6-37(29(39)2)32-9-11-40-33(18-32)10-12-42(40)49-15-13-36(51)25-49/h3-9,11,17-20,22-23,36,42,47,50-51H,10,12-16,24-27H2,1-2H3/t36-,42?/m0/s1. The number of aliphatic hydroxyl groups is 2. The monoisotopic (exact) mass is 728 g/mol. The number of nitrogens with one attached hydrogen (secondary N) is 1. The minimum atomic E-state index is -0.204. The van der Waals surface area contributed by atoms with Crippen LogP contribution in [0.25, 0.3) is 22.3 Å². The van der Waals surface area contributed by atoms with E-state index in [0.29, 0.717) is 47.8 Å². The summed E-state index contributed by atoms with van der Waals surface area (Å²) < 4.78 is 12.6. The second kappa shape index (κ2) is 16.5. The van der Waals surface area contributed by atoms with Gasteiger partial charge in [0.15, 0.2) is 0 Å². The summed E-state index contributed by atoms with van der Waals surface area (Å²) >= 11 is 6.77. The molecule has 4 aromatic carbocycles. The molecule has 1 fully saturated rings. The number of aryl methyl sites for hydroxylation is 1. The first-order valence-electron chi connectivity index (χ1n) is 18.3. The molecule has 2 heterocycles. The molecule has 0 amide bonds. The molecular weight excluding hydrogens is 684 g/mol. The number of hydrogen-bond donors (Lipinski definition) is 3. The molecule has 2 aliphatic rings. The van der Waals surface area contributed by atoms with Gasteiger partial charge in [-0.15, -0.1) is 0 Å². The fourth-order valence-corrected chi connectivity index (χ4v) is 8.01. The van der Waals surface area contributed by atoms with E-state index in [1.54, 1.807) is 18.3 Å². The number of fused-ring (bicyclic) bond motifs is 1. The van der Waals surface area contributed by atoms with E-state index in [9.17, 15) is 15.5 Å². The van der Waals surface area contributed by atoms with E-state index >= 15 is 0 Å². The normalized spacial score (nSPS) is 16.8. The maximum Gasteiger partial charge on any atom is 0.142 e. The number of aromatic nitrogens is 1. The van der Waals surface area contributed by atoms with Crippen molar-refractivity contribution in [3.63, 3.8) is 0 Å². The predicted molar refractivity (Wildman–Crippen MR) is 208 cm³/mol. The zero-order valence-corrected chi connectivity index (χ0v) is 31.0. The second-order valence-electron chi connectivity index (χ2n) is 14.0. The zero-order chi connectivity index (χ0) is 36.9. The summed E-state index contributed by atoms with van der Waals surface area (Å²) in [6.45, 7) is 7.50. The third kappa shape index (κ3) is 8.11. The quantitative estimate of drug-likeness (QED) is 0.105. The van der Waals surface area contributed by atoms with Crippen molar-refractivity contribution < 1.29 is 19.7 Å². The molecule has 8 nitrogen and oxygen atoms in total. The van der Waals surface area contributed by atoms with Crippen molar-refractivity contribution in [1.29, 1.82) is 5.26 Å². The lowest BCUT2D eigenvalue weighted by Gasteiger charge is -2.24. The first kappa shape index (κ1) is 36.6. The van der Waals surface area contributed by atoms with E-state index in [0.717, 1.165) is 60.2 Å². The Kier molecular flexibility index (Phi) is 11.4. The minimum absolute atomic E-state index is 0.0143. The third-order valence-electron chi connectivity index (χ3n) is 10.6. The molecule has 1 unspecified atom stereocenters. The molecule has 7 rings (SSSR count). The lowest BCUT2D eigenvalue weighted by atomic mass is 9.89. The molecular formula is C44H45ClN4O4. The minimum Gasteiger partial charge on any atom is -0.488 e. The molecule has 1 aromatic heterocycles. The van der Waals surface area contributed by atoms with Crippen LogP contribution in [0.4, 0.5) is 0 Å². The molecule has 9 heteroatoms. The molecule has 0 bridgehead atoms. The molecule has 1 aliphatic heterocycles. The van der Waals surface area contributed by atoms with Crippen molar-refractivity contribution in [2.45, 2.75) is 65.0 Å². The van der Waals surface area contributed by atoms with E-state index in [-0.39, 0.29) is 19.3 Å². The van der Waals surface area contributed by atoms with E-state index in [1.807, 2.05) is 6.07 Å². The highest BCUT2D eigenvalue weighted by atomic mass is 35.5. The maximum atomic E-state index is 10.1. The van der Waals surface area contributed by atoms with Gasteiger partial charge >= 0.3 is 0 Å². The molecule has 1 aliphatic carbocycles. The van der Waals surface area contributed by atoms with Gasteiger partial charge in [-0.1, -0.05) is 66.2 Å². The van der Waals surface area contributed by atoms with Crippen molar-refractivity contribution in [2.24, 2.45) is 0 Å². The number of ether oxygens (including phenoxy) is 2. The van der Waals surface area contributed by atoms with Gasteiger partial charge in [-0.3, -0.25) is 9.88 Å². The molecule has 1 saturated heterocycles. The number of aliphatic hydroxyl groups excluding tert-OH is 2. The van der Waals surface area contributed by atoms with Crippen LogP contribution in [0.5, 0.6) is 11.5 Å². The van der Waals surface area contributed by atoms with Gasteiger partial charge in [0.25, 0.3) is 0 Å². The number of benzene rings is 4. The SMILES string of the molecule is Cc1c(COc2cc(OCc3cncc(C#N)c3)c(CNCCO)cc2Cl)cccc1-c1cccc(-c2ccc3c(c2)CCC3N2CC[C@H](O)C2)c1C. The Morgan fingerprint density at radius 3 is 2.49 bits per heavy atom. The first-order valence-corrected chi connectivity index (χ1v) is 18.7. The van der Waals surface area contributed by atoms with Gasteiger partial charge in [-0.05, 0) is 95.3 Å². The van der Waals surface area contributed by atoms with Crippen LogP contribution >= 0.6 is 11.6 Å².